The maximum Gasteiger partial charge on any atom is 0.235 e. The molecule has 3 heteroatoms. The van der Waals surface area contributed by atoms with Crippen molar-refractivity contribution in [1.82, 2.24) is 0 Å². The average molecular weight is 322 g/mol. The summed E-state index contributed by atoms with van der Waals surface area (Å²) >= 11 is 5.95. The Kier molecular flexibility index (Phi) is 3.35. The fourth-order valence-electron chi connectivity index (χ4n) is 3.06. The van der Waals surface area contributed by atoms with E-state index in [1.54, 1.807) is 0 Å². The molecular weight excluding hydrogens is 306 g/mol. The fourth-order valence-corrected chi connectivity index (χ4v) is 3.18. The predicted molar refractivity (Wildman–Crippen MR) is 94.9 cm³/mol. The van der Waals surface area contributed by atoms with Crippen molar-refractivity contribution in [2.45, 2.75) is 18.3 Å². The van der Waals surface area contributed by atoms with E-state index in [2.05, 4.69) is 17.4 Å². The first-order valence-electron chi connectivity index (χ1n) is 7.74. The number of fused-ring (bicyclic) bond motifs is 1. The topological polar surface area (TPSA) is 29.1 Å². The molecule has 2 nitrogen and oxygen atoms in total. The first kappa shape index (κ1) is 14.3. The van der Waals surface area contributed by atoms with Gasteiger partial charge in [0.2, 0.25) is 5.91 Å². The van der Waals surface area contributed by atoms with Crippen LogP contribution in [-0.2, 0) is 10.2 Å². The van der Waals surface area contributed by atoms with Crippen molar-refractivity contribution in [2.75, 3.05) is 5.32 Å². The van der Waals surface area contributed by atoms with Gasteiger partial charge >= 0.3 is 0 Å². The highest BCUT2D eigenvalue weighted by molar-refractivity contribution is 6.30. The van der Waals surface area contributed by atoms with Crippen LogP contribution in [0.3, 0.4) is 0 Å². The first-order valence-corrected chi connectivity index (χ1v) is 8.11. The van der Waals surface area contributed by atoms with Gasteiger partial charge in [-0.25, -0.2) is 0 Å². The Morgan fingerprint density at radius 1 is 0.913 bits per heavy atom. The quantitative estimate of drug-likeness (QED) is 0.709. The molecule has 0 aliphatic heterocycles. The van der Waals surface area contributed by atoms with E-state index in [1.807, 2.05) is 54.6 Å². The summed E-state index contributed by atoms with van der Waals surface area (Å²) in [5, 5.41) is 6.07. The highest BCUT2D eigenvalue weighted by Crippen LogP contribution is 2.49. The molecule has 114 valence electrons. The van der Waals surface area contributed by atoms with Crippen molar-refractivity contribution in [3.8, 4) is 0 Å². The van der Waals surface area contributed by atoms with Crippen LogP contribution in [-0.4, -0.2) is 5.91 Å². The van der Waals surface area contributed by atoms with Gasteiger partial charge in [-0.2, -0.15) is 0 Å². The summed E-state index contributed by atoms with van der Waals surface area (Å²) in [5.41, 5.74) is 1.49. The zero-order valence-electron chi connectivity index (χ0n) is 12.6. The Bertz CT molecular complexity index is 882. The van der Waals surface area contributed by atoms with Gasteiger partial charge in [-0.05, 0) is 53.4 Å². The number of hydrogen-bond acceptors (Lipinski definition) is 1. The molecule has 0 spiro atoms. The van der Waals surface area contributed by atoms with E-state index in [1.165, 1.54) is 5.39 Å². The summed E-state index contributed by atoms with van der Waals surface area (Å²) in [4.78, 5) is 12.8. The molecule has 0 radical (unpaired) electrons. The lowest BCUT2D eigenvalue weighted by molar-refractivity contribution is -0.118. The van der Waals surface area contributed by atoms with Crippen LogP contribution < -0.4 is 5.32 Å². The van der Waals surface area contributed by atoms with E-state index >= 15 is 0 Å². The van der Waals surface area contributed by atoms with Gasteiger partial charge in [0.25, 0.3) is 0 Å². The van der Waals surface area contributed by atoms with Crippen molar-refractivity contribution in [3.63, 3.8) is 0 Å². The monoisotopic (exact) mass is 321 g/mol. The van der Waals surface area contributed by atoms with E-state index in [0.29, 0.717) is 5.02 Å². The van der Waals surface area contributed by atoms with Crippen LogP contribution in [0.2, 0.25) is 5.02 Å². The number of carbonyl (C=O) groups excluding carboxylic acids is 1. The molecule has 0 saturated heterocycles. The molecule has 1 saturated carbocycles. The van der Waals surface area contributed by atoms with Crippen molar-refractivity contribution in [2.24, 2.45) is 0 Å². The van der Waals surface area contributed by atoms with Gasteiger partial charge in [0, 0.05) is 10.7 Å². The maximum absolute atomic E-state index is 12.8. The number of halogens is 1. The number of nitrogens with one attached hydrogen (secondary N) is 1. The maximum atomic E-state index is 12.8. The number of hydrogen-bond donors (Lipinski definition) is 1. The summed E-state index contributed by atoms with van der Waals surface area (Å²) in [6, 6.07) is 21.7. The summed E-state index contributed by atoms with van der Waals surface area (Å²) in [5.74, 6) is 0.0649. The van der Waals surface area contributed by atoms with Gasteiger partial charge in [0.15, 0.2) is 0 Å². The largest absolute Gasteiger partial charge is 0.325 e. The normalized spacial score (nSPS) is 15.3. The van der Waals surface area contributed by atoms with E-state index in [4.69, 9.17) is 11.6 Å². The Morgan fingerprint density at radius 3 is 2.30 bits per heavy atom. The Hall–Kier alpha value is -2.32. The number of amides is 1. The third kappa shape index (κ3) is 2.60. The minimum absolute atomic E-state index is 0.0649. The molecule has 0 unspecified atom stereocenters. The van der Waals surface area contributed by atoms with Crippen molar-refractivity contribution in [1.29, 1.82) is 0 Å². The van der Waals surface area contributed by atoms with Crippen molar-refractivity contribution in [3.05, 3.63) is 77.3 Å². The minimum atomic E-state index is -0.393. The SMILES string of the molecule is O=C(Nc1ccc2ccccc2c1)C1(c2ccc(Cl)cc2)CC1. The molecule has 3 aromatic rings. The minimum Gasteiger partial charge on any atom is -0.325 e. The standard InChI is InChI=1S/C20H16ClNO/c21-17-8-6-16(7-9-17)20(11-12-20)19(23)22-18-10-5-14-3-1-2-4-15(14)13-18/h1-10,13H,11-12H2,(H,22,23). The van der Waals surface area contributed by atoms with Gasteiger partial charge in [-0.3, -0.25) is 4.79 Å². The van der Waals surface area contributed by atoms with Gasteiger partial charge < -0.3 is 5.32 Å². The molecule has 0 aromatic heterocycles. The van der Waals surface area contributed by atoms with Crippen LogP contribution in [0, 0.1) is 0 Å². The summed E-state index contributed by atoms with van der Waals surface area (Å²) < 4.78 is 0. The zero-order chi connectivity index (χ0) is 15.9. The third-order valence-electron chi connectivity index (χ3n) is 4.59. The number of rotatable bonds is 3. The van der Waals surface area contributed by atoms with Gasteiger partial charge in [0.05, 0.1) is 5.41 Å². The van der Waals surface area contributed by atoms with Gasteiger partial charge in [0.1, 0.15) is 0 Å². The number of benzene rings is 3. The first-order chi connectivity index (χ1) is 11.2. The Labute approximate surface area is 140 Å². The molecule has 1 aliphatic rings. The third-order valence-corrected chi connectivity index (χ3v) is 4.84. The fraction of sp³-hybridized carbons (Fsp3) is 0.150. The average Bonchev–Trinajstić information content (AvgIpc) is 3.37. The van der Waals surface area contributed by atoms with Crippen LogP contribution in [0.25, 0.3) is 10.8 Å². The molecule has 3 aromatic carbocycles. The van der Waals surface area contributed by atoms with E-state index in [9.17, 15) is 4.79 Å². The predicted octanol–water partition coefficient (Wildman–Crippen LogP) is 5.16. The Balaban J connectivity index is 1.60. The Morgan fingerprint density at radius 2 is 1.61 bits per heavy atom. The van der Waals surface area contributed by atoms with E-state index < -0.39 is 5.41 Å². The van der Waals surface area contributed by atoms with Crippen LogP contribution in [0.15, 0.2) is 66.7 Å². The second kappa shape index (κ2) is 5.39. The van der Waals surface area contributed by atoms with Gasteiger partial charge in [-0.15, -0.1) is 0 Å². The zero-order valence-corrected chi connectivity index (χ0v) is 13.3. The summed E-state index contributed by atoms with van der Waals surface area (Å²) in [6.07, 6.45) is 1.77. The molecule has 0 atom stereocenters. The van der Waals surface area contributed by atoms with Crippen molar-refractivity contribution >= 4 is 34.0 Å². The number of anilines is 1. The van der Waals surface area contributed by atoms with Crippen LogP contribution >= 0.6 is 11.6 Å². The lowest BCUT2D eigenvalue weighted by Gasteiger charge is -2.16. The lowest BCUT2D eigenvalue weighted by atomic mass is 9.95. The smallest absolute Gasteiger partial charge is 0.235 e. The molecule has 0 bridgehead atoms. The van der Waals surface area contributed by atoms with Crippen molar-refractivity contribution < 1.29 is 4.79 Å². The highest BCUT2D eigenvalue weighted by Gasteiger charge is 2.51. The summed E-state index contributed by atoms with van der Waals surface area (Å²) in [6.45, 7) is 0. The second-order valence-electron chi connectivity index (χ2n) is 6.11. The second-order valence-corrected chi connectivity index (χ2v) is 6.54. The van der Waals surface area contributed by atoms with Gasteiger partial charge in [-0.1, -0.05) is 54.1 Å². The van der Waals surface area contributed by atoms with Crippen LogP contribution in [0.5, 0.6) is 0 Å². The van der Waals surface area contributed by atoms with Crippen LogP contribution in [0.1, 0.15) is 18.4 Å². The highest BCUT2D eigenvalue weighted by atomic mass is 35.5. The molecule has 4 rings (SSSR count). The molecule has 1 aliphatic carbocycles. The van der Waals surface area contributed by atoms with E-state index in [0.717, 1.165) is 29.5 Å². The number of carbonyl (C=O) groups is 1. The molecular formula is C20H16ClNO. The molecule has 0 heterocycles. The molecule has 1 amide bonds. The molecule has 1 N–H and O–H groups in total. The van der Waals surface area contributed by atoms with Crippen LogP contribution in [0.4, 0.5) is 5.69 Å². The molecule has 23 heavy (non-hydrogen) atoms. The molecule has 1 fully saturated rings. The lowest BCUT2D eigenvalue weighted by Crippen LogP contribution is -2.27. The van der Waals surface area contributed by atoms with E-state index in [-0.39, 0.29) is 5.91 Å². The summed E-state index contributed by atoms with van der Waals surface area (Å²) in [7, 11) is 0.